The lowest BCUT2D eigenvalue weighted by molar-refractivity contribution is 0.0981. The van der Waals surface area contributed by atoms with Gasteiger partial charge < -0.3 is 9.64 Å². The van der Waals surface area contributed by atoms with Crippen LogP contribution in [0.1, 0.15) is 84.3 Å². The highest BCUT2D eigenvalue weighted by atomic mass is 32.2. The number of rotatable bonds is 8. The van der Waals surface area contributed by atoms with Crippen molar-refractivity contribution in [2.45, 2.75) is 84.2 Å². The fourth-order valence-electron chi connectivity index (χ4n) is 4.46. The molecular weight excluding hydrogens is 476 g/mol. The number of amides is 1. The fourth-order valence-corrected chi connectivity index (χ4v) is 5.39. The molecule has 2 aromatic rings. The van der Waals surface area contributed by atoms with Gasteiger partial charge in [-0.2, -0.15) is 13.4 Å². The number of anilines is 1. The van der Waals surface area contributed by atoms with Crippen molar-refractivity contribution >= 4 is 21.7 Å². The van der Waals surface area contributed by atoms with Crippen molar-refractivity contribution in [2.24, 2.45) is 11.8 Å². The summed E-state index contributed by atoms with van der Waals surface area (Å²) in [5.74, 6) is 0.842. The Morgan fingerprint density at radius 3 is 2.47 bits per heavy atom. The number of aromatic nitrogens is 2. The van der Waals surface area contributed by atoms with Crippen LogP contribution in [0, 0.1) is 11.8 Å². The quantitative estimate of drug-likeness (QED) is 0.530. The van der Waals surface area contributed by atoms with Crippen LogP contribution in [0.25, 0.3) is 0 Å². The van der Waals surface area contributed by atoms with Crippen molar-refractivity contribution in [3.63, 3.8) is 0 Å². The molecule has 1 saturated heterocycles. The minimum absolute atomic E-state index is 0.204. The van der Waals surface area contributed by atoms with Crippen LogP contribution in [0.5, 0.6) is 5.88 Å². The van der Waals surface area contributed by atoms with E-state index in [2.05, 4.69) is 70.0 Å². The molecule has 1 fully saturated rings. The summed E-state index contributed by atoms with van der Waals surface area (Å²) < 4.78 is 34.0. The zero-order valence-electron chi connectivity index (χ0n) is 22.8. The lowest BCUT2D eigenvalue weighted by Crippen LogP contribution is -2.41. The molecule has 9 heteroatoms. The Balaban J connectivity index is 1.92. The van der Waals surface area contributed by atoms with Crippen molar-refractivity contribution < 1.29 is 17.9 Å². The van der Waals surface area contributed by atoms with Gasteiger partial charge in [-0.05, 0) is 56.7 Å². The first-order chi connectivity index (χ1) is 16.6. The number of hydrogen-bond donors (Lipinski definition) is 1. The van der Waals surface area contributed by atoms with Crippen LogP contribution in [0.4, 0.5) is 5.82 Å². The molecule has 2 aromatic heterocycles. The maximum atomic E-state index is 13.4. The third-order valence-corrected chi connectivity index (χ3v) is 7.59. The smallest absolute Gasteiger partial charge is 0.281 e. The minimum atomic E-state index is -4.23. The Labute approximate surface area is 215 Å². The van der Waals surface area contributed by atoms with Gasteiger partial charge in [-0.25, -0.2) is 9.71 Å². The van der Waals surface area contributed by atoms with Crippen molar-refractivity contribution in [1.82, 2.24) is 14.7 Å². The Morgan fingerprint density at radius 1 is 1.19 bits per heavy atom. The van der Waals surface area contributed by atoms with E-state index < -0.39 is 15.9 Å². The summed E-state index contributed by atoms with van der Waals surface area (Å²) in [6, 6.07) is 7.96. The van der Waals surface area contributed by atoms with E-state index in [0.717, 1.165) is 25.1 Å². The van der Waals surface area contributed by atoms with Gasteiger partial charge >= 0.3 is 0 Å². The largest absolute Gasteiger partial charge is 0.478 e. The van der Waals surface area contributed by atoms with Crippen LogP contribution in [0.2, 0.25) is 0 Å². The average molecular weight is 517 g/mol. The summed E-state index contributed by atoms with van der Waals surface area (Å²) >= 11 is 0. The average Bonchev–Trinajstić information content (AvgIpc) is 3.04. The van der Waals surface area contributed by atoms with E-state index in [0.29, 0.717) is 24.3 Å². The van der Waals surface area contributed by atoms with E-state index >= 15 is 0 Å². The molecule has 8 nitrogen and oxygen atoms in total. The van der Waals surface area contributed by atoms with Gasteiger partial charge in [0.05, 0.1) is 12.2 Å². The molecule has 1 aliphatic heterocycles. The van der Waals surface area contributed by atoms with Gasteiger partial charge in [-0.3, -0.25) is 4.79 Å². The topological polar surface area (TPSA) is 101 Å². The van der Waals surface area contributed by atoms with Gasteiger partial charge in [0.2, 0.25) is 5.88 Å². The van der Waals surface area contributed by atoms with E-state index in [1.807, 2.05) is 0 Å². The van der Waals surface area contributed by atoms with Crippen molar-refractivity contribution in [3.05, 3.63) is 41.6 Å². The number of carbonyl (C=O) groups excluding carboxylic acids is 1. The molecule has 1 unspecified atom stereocenters. The van der Waals surface area contributed by atoms with Crippen molar-refractivity contribution in [2.75, 3.05) is 18.1 Å². The van der Waals surface area contributed by atoms with Crippen LogP contribution in [-0.2, 0) is 15.4 Å². The van der Waals surface area contributed by atoms with Crippen LogP contribution in [-0.4, -0.2) is 43.0 Å². The number of pyridine rings is 2. The number of nitrogens with zero attached hydrogens (tertiary/aromatic N) is 3. The predicted octanol–water partition coefficient (Wildman–Crippen LogP) is 4.94. The van der Waals surface area contributed by atoms with Crippen molar-refractivity contribution in [3.8, 4) is 5.88 Å². The monoisotopic (exact) mass is 516 g/mol. The van der Waals surface area contributed by atoms with E-state index in [1.54, 1.807) is 24.3 Å². The van der Waals surface area contributed by atoms with Crippen LogP contribution >= 0.6 is 0 Å². The maximum absolute atomic E-state index is 13.4. The van der Waals surface area contributed by atoms with Crippen LogP contribution in [0.3, 0.4) is 0 Å². The van der Waals surface area contributed by atoms with Crippen LogP contribution < -0.4 is 14.4 Å². The van der Waals surface area contributed by atoms with E-state index in [9.17, 15) is 13.2 Å². The highest BCUT2D eigenvalue weighted by Gasteiger charge is 2.39. The Hall–Kier alpha value is -2.68. The summed E-state index contributed by atoms with van der Waals surface area (Å²) in [6.45, 7) is 17.9. The molecule has 36 heavy (non-hydrogen) atoms. The van der Waals surface area contributed by atoms with Gasteiger partial charge in [-0.15, -0.1) is 0 Å². The molecule has 0 bridgehead atoms. The van der Waals surface area contributed by atoms with E-state index in [4.69, 9.17) is 9.72 Å². The van der Waals surface area contributed by atoms with Crippen molar-refractivity contribution in [1.29, 1.82) is 0 Å². The van der Waals surface area contributed by atoms with Gasteiger partial charge in [0.25, 0.3) is 15.9 Å². The number of carbonyl (C=O) groups is 1. The predicted molar refractivity (Wildman–Crippen MR) is 142 cm³/mol. The standard InChI is InChI=1S/C27H40N4O4S/c1-18(2)14-15-35-22-10-9-11-23(29-22)36(33,34)30-25(32)20-12-13-21(26(4,5)6)28-24(20)31-17-19(3)16-27(31,7)8/h9-13,18-19H,14-17H2,1-8H3,(H,30,32). The molecule has 1 N–H and O–H groups in total. The lowest BCUT2D eigenvalue weighted by atomic mass is 9.91. The molecule has 3 heterocycles. The molecule has 0 spiro atoms. The number of sulfonamides is 1. The minimum Gasteiger partial charge on any atom is -0.478 e. The zero-order chi connectivity index (χ0) is 26.9. The SMILES string of the molecule is CC(C)CCOc1cccc(S(=O)(=O)NC(=O)c2ccc(C(C)(C)C)nc2N2CC(C)CC2(C)C)n1. The highest BCUT2D eigenvalue weighted by molar-refractivity contribution is 7.90. The molecule has 0 radical (unpaired) electrons. The molecule has 1 atom stereocenters. The third-order valence-electron chi connectivity index (χ3n) is 6.36. The molecule has 1 aliphatic rings. The normalized spacial score (nSPS) is 17.9. The number of hydrogen-bond acceptors (Lipinski definition) is 7. The molecule has 198 valence electrons. The summed E-state index contributed by atoms with van der Waals surface area (Å²) in [5, 5.41) is -0.270. The number of ether oxygens (including phenoxy) is 1. The Morgan fingerprint density at radius 2 is 1.89 bits per heavy atom. The number of nitrogens with one attached hydrogen (secondary N) is 1. The summed E-state index contributed by atoms with van der Waals surface area (Å²) in [5.41, 5.74) is 0.601. The third kappa shape index (κ3) is 6.55. The van der Waals surface area contributed by atoms with Gasteiger partial charge in [0, 0.05) is 29.3 Å². The molecule has 0 aromatic carbocycles. The molecule has 1 amide bonds. The fraction of sp³-hybridized carbons (Fsp3) is 0.593. The second kappa shape index (κ2) is 10.4. The van der Waals surface area contributed by atoms with Crippen LogP contribution in [0.15, 0.2) is 35.4 Å². The maximum Gasteiger partial charge on any atom is 0.281 e. The van der Waals surface area contributed by atoms with Gasteiger partial charge in [0.1, 0.15) is 5.82 Å². The Kier molecular flexibility index (Phi) is 8.03. The van der Waals surface area contributed by atoms with Gasteiger partial charge in [-0.1, -0.05) is 47.6 Å². The molecule has 0 aliphatic carbocycles. The first-order valence-corrected chi connectivity index (χ1v) is 14.0. The molecular formula is C27H40N4O4S. The lowest BCUT2D eigenvalue weighted by Gasteiger charge is -2.34. The molecule has 3 rings (SSSR count). The van der Waals surface area contributed by atoms with E-state index in [1.165, 1.54) is 6.07 Å². The van der Waals surface area contributed by atoms with Gasteiger partial charge in [0.15, 0.2) is 5.03 Å². The summed E-state index contributed by atoms with van der Waals surface area (Å²) in [7, 11) is -4.23. The summed E-state index contributed by atoms with van der Waals surface area (Å²) in [6.07, 6.45) is 1.77. The molecule has 0 saturated carbocycles. The first-order valence-electron chi connectivity index (χ1n) is 12.6. The van der Waals surface area contributed by atoms with E-state index in [-0.39, 0.29) is 27.4 Å². The summed E-state index contributed by atoms with van der Waals surface area (Å²) in [4.78, 5) is 24.5. The highest BCUT2D eigenvalue weighted by Crippen LogP contribution is 2.38. The Bertz CT molecular complexity index is 1200. The first kappa shape index (κ1) is 27.9. The second-order valence-electron chi connectivity index (χ2n) is 11.8. The zero-order valence-corrected chi connectivity index (χ0v) is 23.6. The second-order valence-corrected chi connectivity index (χ2v) is 13.5.